The van der Waals surface area contributed by atoms with E-state index in [4.69, 9.17) is 0 Å². The largest absolute Gasteiger partial charge is 0.389 e. The zero-order valence-electron chi connectivity index (χ0n) is 14.5. The number of nitrogens with zero attached hydrogens (tertiary/aromatic N) is 2. The highest BCUT2D eigenvalue weighted by Gasteiger charge is 2.29. The fraction of sp³-hybridized carbons (Fsp3) is 0.350. The number of carbonyl (C=O) groups is 1. The van der Waals surface area contributed by atoms with Crippen molar-refractivity contribution in [1.82, 2.24) is 9.47 Å². The van der Waals surface area contributed by atoms with Crippen LogP contribution in [0.1, 0.15) is 13.3 Å². The number of β-amino-alcohol motifs (C(OH)–C–C–N with tert-alkyl or cyclic N) is 1. The van der Waals surface area contributed by atoms with Gasteiger partial charge in [-0.05, 0) is 42.8 Å². The summed E-state index contributed by atoms with van der Waals surface area (Å²) in [7, 11) is 0. The van der Waals surface area contributed by atoms with Crippen molar-refractivity contribution in [2.45, 2.75) is 26.0 Å². The van der Waals surface area contributed by atoms with Crippen LogP contribution in [0.4, 0.5) is 8.78 Å². The lowest BCUT2D eigenvalue weighted by molar-refractivity contribution is -0.131. The monoisotopic (exact) mass is 358 g/mol. The topological polar surface area (TPSA) is 45.5 Å². The predicted molar refractivity (Wildman–Crippen MR) is 95.7 cm³/mol. The summed E-state index contributed by atoms with van der Waals surface area (Å²) >= 11 is 0. The highest BCUT2D eigenvalue weighted by Crippen LogP contribution is 2.30. The lowest BCUT2D eigenvalue weighted by Gasteiger charge is -2.21. The zero-order valence-corrected chi connectivity index (χ0v) is 14.5. The Morgan fingerprint density at radius 3 is 2.15 bits per heavy atom. The van der Waals surface area contributed by atoms with Crippen molar-refractivity contribution in [3.05, 3.63) is 48.0 Å². The lowest BCUT2D eigenvalue weighted by atomic mass is 10.1. The molecule has 0 aliphatic carbocycles. The third-order valence-electron chi connectivity index (χ3n) is 5.18. The van der Waals surface area contributed by atoms with Gasteiger partial charge < -0.3 is 14.6 Å². The Kier molecular flexibility index (Phi) is 4.15. The number of fused-ring (bicyclic) bond motifs is 3. The molecule has 1 amide bonds. The number of benzene rings is 2. The second-order valence-electron chi connectivity index (χ2n) is 7.06. The van der Waals surface area contributed by atoms with E-state index in [-0.39, 0.29) is 24.9 Å². The highest BCUT2D eigenvalue weighted by atomic mass is 19.1. The van der Waals surface area contributed by atoms with Crippen molar-refractivity contribution >= 4 is 27.7 Å². The van der Waals surface area contributed by atoms with Crippen LogP contribution in [0, 0.1) is 17.6 Å². The molecule has 0 bridgehead atoms. The average molecular weight is 358 g/mol. The molecule has 0 unspecified atom stereocenters. The number of aliphatic hydroxyl groups is 1. The van der Waals surface area contributed by atoms with Crippen LogP contribution in [-0.2, 0) is 11.3 Å². The molecule has 2 atom stereocenters. The molecule has 0 saturated carbocycles. The molecule has 2 heterocycles. The van der Waals surface area contributed by atoms with Crippen LogP contribution in [0.3, 0.4) is 0 Å². The van der Waals surface area contributed by atoms with Gasteiger partial charge in [-0.15, -0.1) is 0 Å². The molecular weight excluding hydrogens is 338 g/mol. The van der Waals surface area contributed by atoms with E-state index in [2.05, 4.69) is 0 Å². The summed E-state index contributed by atoms with van der Waals surface area (Å²) in [6, 6.07) is 8.74. The second kappa shape index (κ2) is 6.36. The third-order valence-corrected chi connectivity index (χ3v) is 5.18. The summed E-state index contributed by atoms with van der Waals surface area (Å²) in [5.41, 5.74) is 1.46. The molecule has 4 nitrogen and oxygen atoms in total. The number of hydrogen-bond acceptors (Lipinski definition) is 2. The number of aliphatic hydroxyl groups excluding tert-OH is 1. The molecule has 6 heteroatoms. The maximum atomic E-state index is 13.7. The lowest BCUT2D eigenvalue weighted by Crippen LogP contribution is -2.36. The van der Waals surface area contributed by atoms with Crippen LogP contribution in [-0.4, -0.2) is 39.7 Å². The zero-order chi connectivity index (χ0) is 18.4. The number of carbonyl (C=O) groups excluding carboxylic acids is 1. The SMILES string of the molecule is C[C@@H]1CCN(C[C@H](O)Cn2c3ccc(F)cc3c3cc(F)ccc32)C1=O. The quantitative estimate of drug-likeness (QED) is 0.778. The predicted octanol–water partition coefficient (Wildman–Crippen LogP) is 3.30. The Morgan fingerprint density at radius 1 is 1.08 bits per heavy atom. The molecule has 0 spiro atoms. The minimum Gasteiger partial charge on any atom is -0.389 e. The number of aromatic nitrogens is 1. The average Bonchev–Trinajstić information content (AvgIpc) is 3.07. The minimum absolute atomic E-state index is 0.00129. The molecule has 136 valence electrons. The smallest absolute Gasteiger partial charge is 0.225 e. The summed E-state index contributed by atoms with van der Waals surface area (Å²) in [6.45, 7) is 3.05. The van der Waals surface area contributed by atoms with Crippen LogP contribution in [0.25, 0.3) is 21.8 Å². The van der Waals surface area contributed by atoms with E-state index >= 15 is 0 Å². The summed E-state index contributed by atoms with van der Waals surface area (Å²) in [6.07, 6.45) is 0.0395. The van der Waals surface area contributed by atoms with Gasteiger partial charge in [0.25, 0.3) is 0 Å². The molecule has 1 fully saturated rings. The van der Waals surface area contributed by atoms with Gasteiger partial charge in [0.15, 0.2) is 0 Å². The van der Waals surface area contributed by atoms with Gasteiger partial charge in [-0.25, -0.2) is 8.78 Å². The van der Waals surface area contributed by atoms with Gasteiger partial charge in [-0.3, -0.25) is 4.79 Å². The molecule has 3 aromatic rings. The van der Waals surface area contributed by atoms with E-state index in [9.17, 15) is 18.7 Å². The first-order valence-corrected chi connectivity index (χ1v) is 8.78. The van der Waals surface area contributed by atoms with Crippen LogP contribution in [0.15, 0.2) is 36.4 Å². The van der Waals surface area contributed by atoms with Crippen molar-refractivity contribution in [3.8, 4) is 0 Å². The van der Waals surface area contributed by atoms with E-state index in [0.717, 1.165) is 17.5 Å². The number of halogens is 2. The Morgan fingerprint density at radius 2 is 1.65 bits per heavy atom. The van der Waals surface area contributed by atoms with E-state index in [1.54, 1.807) is 17.0 Å². The third kappa shape index (κ3) is 2.84. The molecule has 2 aromatic carbocycles. The summed E-state index contributed by atoms with van der Waals surface area (Å²) in [5.74, 6) is -0.715. The van der Waals surface area contributed by atoms with Crippen molar-refractivity contribution in [3.63, 3.8) is 0 Å². The van der Waals surface area contributed by atoms with Crippen LogP contribution >= 0.6 is 0 Å². The van der Waals surface area contributed by atoms with E-state index in [1.807, 2.05) is 11.5 Å². The molecule has 1 saturated heterocycles. The first-order valence-electron chi connectivity index (χ1n) is 8.78. The number of hydrogen-bond donors (Lipinski definition) is 1. The van der Waals surface area contributed by atoms with Gasteiger partial charge in [0, 0.05) is 40.8 Å². The van der Waals surface area contributed by atoms with Crippen LogP contribution in [0.5, 0.6) is 0 Å². The molecule has 0 radical (unpaired) electrons. The van der Waals surface area contributed by atoms with Gasteiger partial charge in [0.05, 0.1) is 12.6 Å². The number of likely N-dealkylation sites (tertiary alicyclic amines) is 1. The molecular formula is C20H20F2N2O2. The second-order valence-corrected chi connectivity index (χ2v) is 7.06. The summed E-state index contributed by atoms with van der Waals surface area (Å²) in [5, 5.41) is 11.8. The van der Waals surface area contributed by atoms with Gasteiger partial charge in [-0.1, -0.05) is 6.92 Å². The first-order chi connectivity index (χ1) is 12.4. The highest BCUT2D eigenvalue weighted by molar-refractivity contribution is 6.08. The van der Waals surface area contributed by atoms with Gasteiger partial charge >= 0.3 is 0 Å². The van der Waals surface area contributed by atoms with Crippen LogP contribution < -0.4 is 0 Å². The van der Waals surface area contributed by atoms with E-state index in [0.29, 0.717) is 17.3 Å². The van der Waals surface area contributed by atoms with Crippen molar-refractivity contribution < 1.29 is 18.7 Å². The first kappa shape index (κ1) is 17.0. The van der Waals surface area contributed by atoms with E-state index in [1.165, 1.54) is 24.3 Å². The summed E-state index contributed by atoms with van der Waals surface area (Å²) < 4.78 is 29.2. The maximum absolute atomic E-state index is 13.7. The standard InChI is InChI=1S/C20H20F2N2O2/c1-12-6-7-23(20(12)26)10-15(25)11-24-18-4-2-13(21)8-16(18)17-9-14(22)3-5-19(17)24/h2-5,8-9,12,15,25H,6-7,10-11H2,1H3/t12-,15+/m1/s1. The fourth-order valence-electron chi connectivity index (χ4n) is 3.84. The van der Waals surface area contributed by atoms with Gasteiger partial charge in [0.2, 0.25) is 5.91 Å². The van der Waals surface area contributed by atoms with Crippen LogP contribution in [0.2, 0.25) is 0 Å². The van der Waals surface area contributed by atoms with Crippen molar-refractivity contribution in [1.29, 1.82) is 0 Å². The maximum Gasteiger partial charge on any atom is 0.225 e. The van der Waals surface area contributed by atoms with Crippen molar-refractivity contribution in [2.75, 3.05) is 13.1 Å². The molecule has 1 aliphatic heterocycles. The Bertz CT molecular complexity index is 939. The van der Waals surface area contributed by atoms with Gasteiger partial charge in [-0.2, -0.15) is 0 Å². The molecule has 26 heavy (non-hydrogen) atoms. The molecule has 1 aromatic heterocycles. The number of amides is 1. The Hall–Kier alpha value is -2.47. The molecule has 1 N–H and O–H groups in total. The Labute approximate surface area is 149 Å². The van der Waals surface area contributed by atoms with Crippen molar-refractivity contribution in [2.24, 2.45) is 5.92 Å². The van der Waals surface area contributed by atoms with Gasteiger partial charge in [0.1, 0.15) is 11.6 Å². The fourth-order valence-corrected chi connectivity index (χ4v) is 3.84. The summed E-state index contributed by atoms with van der Waals surface area (Å²) in [4.78, 5) is 13.8. The molecule has 1 aliphatic rings. The molecule has 4 rings (SSSR count). The Balaban J connectivity index is 1.70. The normalized spacial score (nSPS) is 19.0. The number of rotatable bonds is 4. The van der Waals surface area contributed by atoms with E-state index < -0.39 is 17.7 Å². The minimum atomic E-state index is -0.766.